The average Bonchev–Trinajstić information content (AvgIpc) is 2.26. The fourth-order valence-electron chi connectivity index (χ4n) is 1.24. The molecule has 0 bridgehead atoms. The topological polar surface area (TPSA) is 38.3 Å². The van der Waals surface area contributed by atoms with Gasteiger partial charge in [0, 0.05) is 16.6 Å². The lowest BCUT2D eigenvalue weighted by Gasteiger charge is -2.10. The van der Waals surface area contributed by atoms with Gasteiger partial charge in [-0.05, 0) is 38.1 Å². The monoisotopic (exact) mass is 297 g/mol. The lowest BCUT2D eigenvalue weighted by atomic mass is 10.2. The van der Waals surface area contributed by atoms with Crippen LogP contribution in [0.5, 0.6) is 5.75 Å². The highest BCUT2D eigenvalue weighted by molar-refractivity contribution is 9.11. The number of hydrogen-bond acceptors (Lipinski definition) is 2. The molecular weight excluding hydrogens is 282 g/mol. The van der Waals surface area contributed by atoms with E-state index in [-0.39, 0.29) is 12.0 Å². The molecule has 1 amide bonds. The van der Waals surface area contributed by atoms with Crippen LogP contribution < -0.4 is 10.1 Å². The number of carbonyl (C=O) groups is 1. The maximum atomic E-state index is 11.7. The third kappa shape index (κ3) is 5.04. The van der Waals surface area contributed by atoms with Crippen LogP contribution in [0.15, 0.2) is 35.3 Å². The van der Waals surface area contributed by atoms with E-state index in [4.69, 9.17) is 4.74 Å². The minimum atomic E-state index is -0.123. The third-order valence-corrected chi connectivity index (χ3v) is 2.21. The van der Waals surface area contributed by atoms with Crippen molar-refractivity contribution in [3.63, 3.8) is 0 Å². The molecule has 0 fully saturated rings. The summed E-state index contributed by atoms with van der Waals surface area (Å²) >= 11 is 3.18. The Morgan fingerprint density at radius 3 is 2.47 bits per heavy atom. The molecule has 4 heteroatoms. The molecule has 0 saturated heterocycles. The molecule has 1 aromatic rings. The number of amides is 1. The summed E-state index contributed by atoms with van der Waals surface area (Å²) in [5, 5.41) is 2.73. The van der Waals surface area contributed by atoms with E-state index in [1.54, 1.807) is 24.3 Å². The van der Waals surface area contributed by atoms with Gasteiger partial charge in [0.25, 0.3) is 5.91 Å². The first-order chi connectivity index (χ1) is 7.99. The first kappa shape index (κ1) is 13.8. The van der Waals surface area contributed by atoms with Gasteiger partial charge < -0.3 is 10.1 Å². The molecule has 0 radical (unpaired) electrons. The van der Waals surface area contributed by atoms with Crippen molar-refractivity contribution in [3.05, 3.63) is 40.9 Å². The summed E-state index contributed by atoms with van der Waals surface area (Å²) in [6.07, 6.45) is 0.131. The van der Waals surface area contributed by atoms with Crippen LogP contribution in [0.3, 0.4) is 0 Å². The fourth-order valence-corrected chi connectivity index (χ4v) is 1.38. The molecule has 1 N–H and O–H groups in total. The Morgan fingerprint density at radius 1 is 1.41 bits per heavy atom. The molecule has 0 aliphatic carbocycles. The first-order valence-corrected chi connectivity index (χ1v) is 6.16. The van der Waals surface area contributed by atoms with Gasteiger partial charge in [-0.1, -0.05) is 22.5 Å². The molecule has 0 heterocycles. The zero-order valence-electron chi connectivity index (χ0n) is 10.00. The fraction of sp³-hybridized carbons (Fsp3) is 0.308. The quantitative estimate of drug-likeness (QED) is 0.907. The highest BCUT2D eigenvalue weighted by atomic mass is 79.9. The maximum Gasteiger partial charge on any atom is 0.251 e. The molecule has 0 atom stereocenters. The lowest BCUT2D eigenvalue weighted by Crippen LogP contribution is -2.24. The van der Waals surface area contributed by atoms with Crippen LogP contribution in [0.1, 0.15) is 24.2 Å². The number of halogens is 1. The Bertz CT molecular complexity index is 398. The number of carbonyl (C=O) groups excluding carboxylic acids is 1. The van der Waals surface area contributed by atoms with Crippen LogP contribution >= 0.6 is 15.9 Å². The summed E-state index contributed by atoms with van der Waals surface area (Å²) in [6, 6.07) is 7.06. The van der Waals surface area contributed by atoms with Crippen LogP contribution in [0, 0.1) is 0 Å². The molecule has 0 aromatic heterocycles. The standard InChI is InChI=1S/C13H16BrNO2/c1-9(2)17-12-6-4-11(5-7-12)13(16)15-8-10(3)14/h4-7,9H,3,8H2,1-2H3,(H,15,16). The molecule has 0 aliphatic heterocycles. The number of hydrogen-bond donors (Lipinski definition) is 1. The highest BCUT2D eigenvalue weighted by Gasteiger charge is 2.05. The number of nitrogens with one attached hydrogen (secondary N) is 1. The molecule has 17 heavy (non-hydrogen) atoms. The Balaban J connectivity index is 2.60. The van der Waals surface area contributed by atoms with Crippen molar-refractivity contribution in [3.8, 4) is 5.75 Å². The predicted octanol–water partition coefficient (Wildman–Crippen LogP) is 3.11. The summed E-state index contributed by atoms with van der Waals surface area (Å²) in [4.78, 5) is 11.7. The van der Waals surface area contributed by atoms with Gasteiger partial charge in [-0.3, -0.25) is 4.79 Å². The SMILES string of the molecule is C=C(Br)CNC(=O)c1ccc(OC(C)C)cc1. The minimum absolute atomic E-state index is 0.123. The van der Waals surface area contributed by atoms with Crippen molar-refractivity contribution in [2.45, 2.75) is 20.0 Å². The molecule has 3 nitrogen and oxygen atoms in total. The van der Waals surface area contributed by atoms with E-state index in [1.807, 2.05) is 13.8 Å². The summed E-state index contributed by atoms with van der Waals surface area (Å²) in [5.41, 5.74) is 0.606. The normalized spacial score (nSPS) is 10.1. The van der Waals surface area contributed by atoms with E-state index in [9.17, 15) is 4.79 Å². The van der Waals surface area contributed by atoms with E-state index in [2.05, 4.69) is 27.8 Å². The van der Waals surface area contributed by atoms with Crippen molar-refractivity contribution in [2.75, 3.05) is 6.54 Å². The largest absolute Gasteiger partial charge is 0.491 e. The maximum absolute atomic E-state index is 11.7. The van der Waals surface area contributed by atoms with Gasteiger partial charge in [-0.15, -0.1) is 0 Å². The molecule has 92 valence electrons. The van der Waals surface area contributed by atoms with E-state index in [0.717, 1.165) is 10.2 Å². The summed E-state index contributed by atoms with van der Waals surface area (Å²) in [5.74, 6) is 0.642. The highest BCUT2D eigenvalue weighted by Crippen LogP contribution is 2.13. The molecule has 0 unspecified atom stereocenters. The smallest absolute Gasteiger partial charge is 0.251 e. The van der Waals surface area contributed by atoms with Gasteiger partial charge in [0.05, 0.1) is 6.10 Å². The number of rotatable bonds is 5. The van der Waals surface area contributed by atoms with Gasteiger partial charge in [0.15, 0.2) is 0 Å². The molecule has 1 rings (SSSR count). The van der Waals surface area contributed by atoms with Crippen molar-refractivity contribution in [1.82, 2.24) is 5.32 Å². The van der Waals surface area contributed by atoms with Crippen LogP contribution in [0.2, 0.25) is 0 Å². The van der Waals surface area contributed by atoms with Crippen LogP contribution in [-0.4, -0.2) is 18.6 Å². The molecule has 1 aromatic carbocycles. The number of benzene rings is 1. The Labute approximate surface area is 110 Å². The van der Waals surface area contributed by atoms with Crippen LogP contribution in [-0.2, 0) is 0 Å². The Kier molecular flexibility index (Phi) is 5.22. The van der Waals surface area contributed by atoms with E-state index >= 15 is 0 Å². The molecule has 0 aliphatic rings. The van der Waals surface area contributed by atoms with Crippen LogP contribution in [0.25, 0.3) is 0 Å². The summed E-state index contributed by atoms with van der Waals surface area (Å²) < 4.78 is 6.24. The number of ether oxygens (including phenoxy) is 1. The van der Waals surface area contributed by atoms with E-state index in [0.29, 0.717) is 12.1 Å². The molecule has 0 spiro atoms. The predicted molar refractivity (Wildman–Crippen MR) is 72.6 cm³/mol. The van der Waals surface area contributed by atoms with E-state index < -0.39 is 0 Å². The van der Waals surface area contributed by atoms with Crippen LogP contribution in [0.4, 0.5) is 0 Å². The third-order valence-electron chi connectivity index (χ3n) is 1.93. The Hall–Kier alpha value is -1.29. The van der Waals surface area contributed by atoms with Crippen molar-refractivity contribution in [1.29, 1.82) is 0 Å². The second-order valence-electron chi connectivity index (χ2n) is 3.89. The second-order valence-corrected chi connectivity index (χ2v) is 5.01. The zero-order chi connectivity index (χ0) is 12.8. The van der Waals surface area contributed by atoms with Crippen molar-refractivity contribution >= 4 is 21.8 Å². The molecule has 0 saturated carbocycles. The summed E-state index contributed by atoms with van der Waals surface area (Å²) in [7, 11) is 0. The second kappa shape index (κ2) is 6.45. The summed E-state index contributed by atoms with van der Waals surface area (Å²) in [6.45, 7) is 7.99. The lowest BCUT2D eigenvalue weighted by molar-refractivity contribution is 0.0957. The minimum Gasteiger partial charge on any atom is -0.491 e. The van der Waals surface area contributed by atoms with Gasteiger partial charge in [-0.25, -0.2) is 0 Å². The van der Waals surface area contributed by atoms with E-state index in [1.165, 1.54) is 0 Å². The van der Waals surface area contributed by atoms with Gasteiger partial charge in [0.1, 0.15) is 5.75 Å². The average molecular weight is 298 g/mol. The van der Waals surface area contributed by atoms with Crippen molar-refractivity contribution in [2.24, 2.45) is 0 Å². The molecular formula is C13H16BrNO2. The van der Waals surface area contributed by atoms with Gasteiger partial charge in [-0.2, -0.15) is 0 Å². The van der Waals surface area contributed by atoms with Crippen molar-refractivity contribution < 1.29 is 9.53 Å². The zero-order valence-corrected chi connectivity index (χ0v) is 11.6. The Morgan fingerprint density at radius 2 is 2.00 bits per heavy atom. The van der Waals surface area contributed by atoms with Gasteiger partial charge in [0.2, 0.25) is 0 Å². The van der Waals surface area contributed by atoms with Gasteiger partial charge >= 0.3 is 0 Å². The first-order valence-electron chi connectivity index (χ1n) is 5.37.